The van der Waals surface area contributed by atoms with Gasteiger partial charge in [-0.1, -0.05) is 0 Å². The number of nitrogens with two attached hydrogens (primary N) is 2. The molecule has 1 saturated heterocycles. The van der Waals surface area contributed by atoms with Crippen molar-refractivity contribution in [2.24, 2.45) is 11.5 Å². The van der Waals surface area contributed by atoms with Gasteiger partial charge in [-0.25, -0.2) is 4.79 Å². The molecule has 1 fully saturated rings. The van der Waals surface area contributed by atoms with E-state index in [4.69, 9.17) is 16.6 Å². The first kappa shape index (κ1) is 17.0. The van der Waals surface area contributed by atoms with E-state index in [1.807, 2.05) is 4.68 Å². The van der Waals surface area contributed by atoms with Crippen LogP contribution >= 0.6 is 11.3 Å². The van der Waals surface area contributed by atoms with Gasteiger partial charge in [0, 0.05) is 22.7 Å². The number of fused-ring (bicyclic) bond motifs is 3. The van der Waals surface area contributed by atoms with Gasteiger partial charge >= 0.3 is 6.03 Å². The van der Waals surface area contributed by atoms with Crippen LogP contribution in [0.15, 0.2) is 6.20 Å². The Morgan fingerprint density at radius 1 is 1.38 bits per heavy atom. The monoisotopic (exact) mass is 374 g/mol. The Balaban J connectivity index is 1.70. The fourth-order valence-corrected chi connectivity index (χ4v) is 5.27. The molecule has 0 radical (unpaired) electrons. The molecule has 2 aliphatic rings. The minimum absolute atomic E-state index is 0.373. The Kier molecular flexibility index (Phi) is 4.20. The van der Waals surface area contributed by atoms with Gasteiger partial charge in [-0.2, -0.15) is 5.10 Å². The second-order valence-electron chi connectivity index (χ2n) is 6.96. The second kappa shape index (κ2) is 6.40. The molecule has 1 aliphatic heterocycles. The van der Waals surface area contributed by atoms with Gasteiger partial charge in [0.05, 0.1) is 17.8 Å². The molecular formula is C17H22N6O2S. The molecule has 0 aromatic carbocycles. The number of hydrogen-bond donors (Lipinski definition) is 3. The van der Waals surface area contributed by atoms with E-state index in [9.17, 15) is 9.59 Å². The number of primary amides is 2. The van der Waals surface area contributed by atoms with E-state index in [2.05, 4.69) is 23.5 Å². The number of hydrogen-bond acceptors (Lipinski definition) is 5. The van der Waals surface area contributed by atoms with Gasteiger partial charge in [0.1, 0.15) is 5.00 Å². The number of rotatable bonds is 4. The van der Waals surface area contributed by atoms with Crippen LogP contribution in [0.5, 0.6) is 0 Å². The highest BCUT2D eigenvalue weighted by Gasteiger charge is 2.30. The van der Waals surface area contributed by atoms with Crippen molar-refractivity contribution in [2.45, 2.75) is 38.3 Å². The molecule has 5 N–H and O–H groups in total. The fraction of sp³-hybridized carbons (Fsp3) is 0.471. The number of carbonyl (C=O) groups is 2. The van der Waals surface area contributed by atoms with Crippen molar-refractivity contribution >= 4 is 28.3 Å². The average Bonchev–Trinajstić information content (AvgIpc) is 3.23. The Labute approximate surface area is 155 Å². The molecule has 9 heteroatoms. The third-order valence-electron chi connectivity index (χ3n) is 5.25. The van der Waals surface area contributed by atoms with Crippen molar-refractivity contribution in [1.82, 2.24) is 14.7 Å². The number of aromatic nitrogens is 2. The summed E-state index contributed by atoms with van der Waals surface area (Å²) in [5.74, 6) is -0.547. The van der Waals surface area contributed by atoms with Crippen molar-refractivity contribution in [3.63, 3.8) is 0 Å². The summed E-state index contributed by atoms with van der Waals surface area (Å²) >= 11 is 1.34. The number of anilines is 1. The first-order chi connectivity index (χ1) is 12.4. The molecule has 0 saturated carbocycles. The van der Waals surface area contributed by atoms with Crippen LogP contribution in [0.3, 0.4) is 0 Å². The number of likely N-dealkylation sites (tertiary alicyclic amines) is 1. The minimum atomic E-state index is -0.703. The van der Waals surface area contributed by atoms with Crippen LogP contribution in [0.25, 0.3) is 10.4 Å². The zero-order chi connectivity index (χ0) is 18.4. The molecule has 3 heterocycles. The van der Waals surface area contributed by atoms with Crippen LogP contribution in [-0.4, -0.2) is 46.3 Å². The van der Waals surface area contributed by atoms with Gasteiger partial charge in [-0.3, -0.25) is 14.8 Å². The SMILES string of the molecule is CN1CCCC1Cn1cc2c(n1)CCc1c-2sc(NC(N)=O)c1C(N)=O. The molecule has 2 aromatic heterocycles. The van der Waals surface area contributed by atoms with Gasteiger partial charge in [0.2, 0.25) is 0 Å². The Morgan fingerprint density at radius 3 is 2.85 bits per heavy atom. The van der Waals surface area contributed by atoms with Crippen LogP contribution in [0, 0.1) is 0 Å². The van der Waals surface area contributed by atoms with Gasteiger partial charge in [0.15, 0.2) is 0 Å². The Morgan fingerprint density at radius 2 is 2.19 bits per heavy atom. The summed E-state index contributed by atoms with van der Waals surface area (Å²) in [4.78, 5) is 26.5. The normalized spacial score (nSPS) is 19.2. The molecule has 4 rings (SSSR count). The predicted molar refractivity (Wildman–Crippen MR) is 100 cm³/mol. The molecule has 1 unspecified atom stereocenters. The minimum Gasteiger partial charge on any atom is -0.365 e. The van der Waals surface area contributed by atoms with Crippen LogP contribution in [0.4, 0.5) is 9.80 Å². The lowest BCUT2D eigenvalue weighted by atomic mass is 9.94. The molecule has 0 spiro atoms. The first-order valence-corrected chi connectivity index (χ1v) is 9.54. The van der Waals surface area contributed by atoms with Crippen molar-refractivity contribution in [1.29, 1.82) is 0 Å². The topological polar surface area (TPSA) is 119 Å². The highest BCUT2D eigenvalue weighted by molar-refractivity contribution is 7.20. The van der Waals surface area contributed by atoms with Crippen molar-refractivity contribution in [3.8, 4) is 10.4 Å². The molecule has 138 valence electrons. The quantitative estimate of drug-likeness (QED) is 0.749. The second-order valence-corrected chi connectivity index (χ2v) is 7.98. The standard InChI is InChI=1S/C17H22N6O2S/c1-22-6-2-3-9(22)7-23-8-11-12(21-23)5-4-10-13(15(18)24)16(20-17(19)25)26-14(10)11/h8-9H,2-7H2,1H3,(H2,18,24)(H3,19,20,25). The van der Waals surface area contributed by atoms with E-state index in [0.29, 0.717) is 23.0 Å². The van der Waals surface area contributed by atoms with E-state index < -0.39 is 11.9 Å². The van der Waals surface area contributed by atoms with E-state index in [-0.39, 0.29) is 0 Å². The molecule has 3 amide bonds. The number of nitrogens with one attached hydrogen (secondary N) is 1. The van der Waals surface area contributed by atoms with Crippen LogP contribution < -0.4 is 16.8 Å². The van der Waals surface area contributed by atoms with Crippen molar-refractivity contribution in [2.75, 3.05) is 18.9 Å². The summed E-state index contributed by atoms with van der Waals surface area (Å²) in [5, 5.41) is 7.72. The number of thiophene rings is 1. The summed E-state index contributed by atoms with van der Waals surface area (Å²) in [6.45, 7) is 1.99. The molecule has 26 heavy (non-hydrogen) atoms. The van der Waals surface area contributed by atoms with Crippen molar-refractivity contribution < 1.29 is 9.59 Å². The lowest BCUT2D eigenvalue weighted by Gasteiger charge is -2.18. The van der Waals surface area contributed by atoms with E-state index in [0.717, 1.165) is 41.2 Å². The molecule has 8 nitrogen and oxygen atoms in total. The van der Waals surface area contributed by atoms with E-state index >= 15 is 0 Å². The summed E-state index contributed by atoms with van der Waals surface area (Å²) < 4.78 is 2.01. The third-order valence-corrected chi connectivity index (χ3v) is 6.43. The number of nitrogens with zero attached hydrogens (tertiary/aromatic N) is 3. The molecule has 0 bridgehead atoms. The predicted octanol–water partition coefficient (Wildman–Crippen LogP) is 1.39. The lowest BCUT2D eigenvalue weighted by Crippen LogP contribution is -2.29. The average molecular weight is 374 g/mol. The summed E-state index contributed by atoms with van der Waals surface area (Å²) in [6, 6.07) is -0.196. The van der Waals surface area contributed by atoms with Crippen LogP contribution in [0.2, 0.25) is 0 Å². The number of urea groups is 1. The third kappa shape index (κ3) is 2.86. The van der Waals surface area contributed by atoms with E-state index in [1.54, 1.807) is 0 Å². The van der Waals surface area contributed by atoms with Gasteiger partial charge in [-0.05, 0) is 44.8 Å². The molecular weight excluding hydrogens is 352 g/mol. The van der Waals surface area contributed by atoms with Crippen molar-refractivity contribution in [3.05, 3.63) is 23.0 Å². The maximum Gasteiger partial charge on any atom is 0.317 e. The number of carbonyl (C=O) groups excluding carboxylic acids is 2. The van der Waals surface area contributed by atoms with Gasteiger partial charge < -0.3 is 16.4 Å². The Hall–Kier alpha value is -2.39. The molecule has 1 aliphatic carbocycles. The van der Waals surface area contributed by atoms with Crippen LogP contribution in [0.1, 0.15) is 34.5 Å². The largest absolute Gasteiger partial charge is 0.365 e. The lowest BCUT2D eigenvalue weighted by molar-refractivity contribution is 0.100. The zero-order valence-corrected chi connectivity index (χ0v) is 15.4. The Bertz CT molecular complexity index is 886. The highest BCUT2D eigenvalue weighted by atomic mass is 32.1. The number of amides is 3. The maximum atomic E-state index is 11.9. The van der Waals surface area contributed by atoms with E-state index in [1.165, 1.54) is 24.2 Å². The van der Waals surface area contributed by atoms with Gasteiger partial charge in [-0.15, -0.1) is 11.3 Å². The molecule has 2 aromatic rings. The number of aryl methyl sites for hydroxylation is 1. The summed E-state index contributed by atoms with van der Waals surface area (Å²) in [5.41, 5.74) is 14.1. The molecule has 1 atom stereocenters. The summed E-state index contributed by atoms with van der Waals surface area (Å²) in [6.07, 6.45) is 5.89. The maximum absolute atomic E-state index is 11.9. The van der Waals surface area contributed by atoms with Gasteiger partial charge in [0.25, 0.3) is 5.91 Å². The van der Waals surface area contributed by atoms with Crippen LogP contribution in [-0.2, 0) is 19.4 Å². The first-order valence-electron chi connectivity index (χ1n) is 8.73. The zero-order valence-electron chi connectivity index (χ0n) is 14.6. The highest BCUT2D eigenvalue weighted by Crippen LogP contribution is 2.44. The smallest absolute Gasteiger partial charge is 0.317 e. The summed E-state index contributed by atoms with van der Waals surface area (Å²) in [7, 11) is 2.15. The fourth-order valence-electron chi connectivity index (χ4n) is 3.98. The number of likely N-dealkylation sites (N-methyl/N-ethyl adjacent to an activating group) is 1.